The topological polar surface area (TPSA) is 74.4 Å². The molecule has 170 valence electrons. The third-order valence-electron chi connectivity index (χ3n) is 6.08. The molecular weight excluding hydrogens is 434 g/mol. The fourth-order valence-electron chi connectivity index (χ4n) is 4.32. The summed E-state index contributed by atoms with van der Waals surface area (Å²) >= 11 is 0. The summed E-state index contributed by atoms with van der Waals surface area (Å²) in [5, 5.41) is 1.04. The van der Waals surface area contributed by atoms with Gasteiger partial charge in [-0.15, -0.1) is 0 Å². The summed E-state index contributed by atoms with van der Waals surface area (Å²) in [7, 11) is -3.77. The Morgan fingerprint density at radius 1 is 0.939 bits per heavy atom. The predicted octanol–water partition coefficient (Wildman–Crippen LogP) is 4.51. The summed E-state index contributed by atoms with van der Waals surface area (Å²) in [6, 6.07) is 22.3. The molecule has 4 aromatic rings. The van der Waals surface area contributed by atoms with Crippen LogP contribution in [0.3, 0.4) is 0 Å². The van der Waals surface area contributed by atoms with Gasteiger partial charge in [0, 0.05) is 48.0 Å². The third-order valence-corrected chi connectivity index (χ3v) is 7.52. The van der Waals surface area contributed by atoms with Gasteiger partial charge in [0.05, 0.1) is 18.1 Å². The molecule has 1 saturated heterocycles. The predicted molar refractivity (Wildman–Crippen MR) is 132 cm³/mol. The Bertz CT molecular complexity index is 1340. The third kappa shape index (κ3) is 4.80. The monoisotopic (exact) mass is 461 g/mol. The maximum absolute atomic E-state index is 13.3. The molecule has 1 fully saturated rings. The SMILES string of the molecule is O=S(=O)(Nc1ccc2[nH]cc(CCN3CCOCC3)c2c1)c1ccccc1-c1ccccc1. The van der Waals surface area contributed by atoms with E-state index >= 15 is 0 Å². The lowest BCUT2D eigenvalue weighted by atomic mass is 10.1. The summed E-state index contributed by atoms with van der Waals surface area (Å²) in [5.74, 6) is 0. The summed E-state index contributed by atoms with van der Waals surface area (Å²) in [4.78, 5) is 5.97. The lowest BCUT2D eigenvalue weighted by Crippen LogP contribution is -2.37. The van der Waals surface area contributed by atoms with E-state index < -0.39 is 10.0 Å². The van der Waals surface area contributed by atoms with Crippen LogP contribution in [0.5, 0.6) is 0 Å². The van der Waals surface area contributed by atoms with E-state index in [1.165, 1.54) is 5.56 Å². The number of nitrogens with zero attached hydrogens (tertiary/aromatic N) is 1. The first-order valence-electron chi connectivity index (χ1n) is 11.2. The molecule has 0 amide bonds. The van der Waals surface area contributed by atoms with E-state index in [0.717, 1.165) is 55.7 Å². The number of anilines is 1. The number of fused-ring (bicyclic) bond motifs is 1. The normalized spacial score (nSPS) is 15.0. The van der Waals surface area contributed by atoms with E-state index in [-0.39, 0.29) is 4.90 Å². The first kappa shape index (κ1) is 21.7. The molecule has 0 atom stereocenters. The molecule has 0 bridgehead atoms. The van der Waals surface area contributed by atoms with Gasteiger partial charge in [0.1, 0.15) is 0 Å². The van der Waals surface area contributed by atoms with Gasteiger partial charge < -0.3 is 9.72 Å². The zero-order valence-corrected chi connectivity index (χ0v) is 19.1. The molecule has 2 heterocycles. The number of ether oxygens (including phenoxy) is 1. The van der Waals surface area contributed by atoms with Crippen molar-refractivity contribution in [2.24, 2.45) is 0 Å². The average molecular weight is 462 g/mol. The van der Waals surface area contributed by atoms with Crippen LogP contribution in [0.4, 0.5) is 5.69 Å². The maximum Gasteiger partial charge on any atom is 0.262 e. The average Bonchev–Trinajstić information content (AvgIpc) is 3.26. The van der Waals surface area contributed by atoms with Crippen molar-refractivity contribution in [1.29, 1.82) is 0 Å². The lowest BCUT2D eigenvalue weighted by Gasteiger charge is -2.26. The van der Waals surface area contributed by atoms with Crippen molar-refractivity contribution >= 4 is 26.6 Å². The van der Waals surface area contributed by atoms with Crippen LogP contribution >= 0.6 is 0 Å². The molecule has 6 nitrogen and oxygen atoms in total. The van der Waals surface area contributed by atoms with Crippen LogP contribution < -0.4 is 4.72 Å². The molecule has 5 rings (SSSR count). The number of sulfonamides is 1. The van der Waals surface area contributed by atoms with E-state index in [9.17, 15) is 8.42 Å². The Hall–Kier alpha value is -3.13. The molecule has 3 aromatic carbocycles. The van der Waals surface area contributed by atoms with Gasteiger partial charge in [-0.1, -0.05) is 48.5 Å². The number of H-pyrrole nitrogens is 1. The Labute approximate surface area is 194 Å². The minimum Gasteiger partial charge on any atom is -0.379 e. The standard InChI is InChI=1S/C26H27N3O3S/c30-33(31,26-9-5-4-8-23(26)20-6-2-1-3-7-20)28-22-10-11-25-24(18-22)21(19-27-25)12-13-29-14-16-32-17-15-29/h1-11,18-19,27-28H,12-17H2. The molecule has 7 heteroatoms. The summed E-state index contributed by atoms with van der Waals surface area (Å²) in [5.41, 5.74) is 4.28. The second kappa shape index (κ2) is 9.39. The number of hydrogen-bond donors (Lipinski definition) is 2. The van der Waals surface area contributed by atoms with Crippen LogP contribution in [0.15, 0.2) is 83.9 Å². The Kier molecular flexibility index (Phi) is 6.17. The van der Waals surface area contributed by atoms with Crippen molar-refractivity contribution < 1.29 is 13.2 Å². The summed E-state index contributed by atoms with van der Waals surface area (Å²) in [6.07, 6.45) is 2.92. The lowest BCUT2D eigenvalue weighted by molar-refractivity contribution is 0.0385. The van der Waals surface area contributed by atoms with Gasteiger partial charge in [0.25, 0.3) is 10.0 Å². The fraction of sp³-hybridized carbons (Fsp3) is 0.231. The molecule has 2 N–H and O–H groups in total. The van der Waals surface area contributed by atoms with E-state index in [1.54, 1.807) is 18.2 Å². The van der Waals surface area contributed by atoms with Crippen LogP contribution in [0.1, 0.15) is 5.56 Å². The molecule has 0 radical (unpaired) electrons. The van der Waals surface area contributed by atoms with Crippen molar-refractivity contribution in [2.75, 3.05) is 37.6 Å². The van der Waals surface area contributed by atoms with Gasteiger partial charge >= 0.3 is 0 Å². The number of aromatic nitrogens is 1. The zero-order valence-electron chi connectivity index (χ0n) is 18.3. The summed E-state index contributed by atoms with van der Waals surface area (Å²) < 4.78 is 34.9. The van der Waals surface area contributed by atoms with Crippen LogP contribution in [0.25, 0.3) is 22.0 Å². The molecule has 0 unspecified atom stereocenters. The van der Waals surface area contributed by atoms with E-state index in [2.05, 4.69) is 14.6 Å². The number of morpholine rings is 1. The van der Waals surface area contributed by atoms with Gasteiger partial charge in [-0.3, -0.25) is 9.62 Å². The minimum atomic E-state index is -3.77. The molecule has 33 heavy (non-hydrogen) atoms. The number of hydrogen-bond acceptors (Lipinski definition) is 4. The molecule has 0 spiro atoms. The first-order chi connectivity index (χ1) is 16.1. The van der Waals surface area contributed by atoms with E-state index in [4.69, 9.17) is 4.74 Å². The highest BCUT2D eigenvalue weighted by Gasteiger charge is 2.20. The van der Waals surface area contributed by atoms with Crippen LogP contribution in [0, 0.1) is 0 Å². The van der Waals surface area contributed by atoms with Crippen molar-refractivity contribution in [2.45, 2.75) is 11.3 Å². The Morgan fingerprint density at radius 2 is 1.70 bits per heavy atom. The molecule has 0 saturated carbocycles. The van der Waals surface area contributed by atoms with Gasteiger partial charge in [-0.2, -0.15) is 0 Å². The van der Waals surface area contributed by atoms with Crippen molar-refractivity contribution in [3.05, 3.63) is 84.6 Å². The highest BCUT2D eigenvalue weighted by atomic mass is 32.2. The Morgan fingerprint density at radius 3 is 2.52 bits per heavy atom. The second-order valence-corrected chi connectivity index (χ2v) is 9.90. The second-order valence-electron chi connectivity index (χ2n) is 8.25. The van der Waals surface area contributed by atoms with Crippen LogP contribution in [-0.4, -0.2) is 51.1 Å². The Balaban J connectivity index is 1.40. The number of nitrogens with one attached hydrogen (secondary N) is 2. The molecule has 0 aliphatic carbocycles. The van der Waals surface area contributed by atoms with Gasteiger partial charge in [0.2, 0.25) is 0 Å². The fourth-order valence-corrected chi connectivity index (χ4v) is 5.60. The number of benzene rings is 3. The van der Waals surface area contributed by atoms with Crippen molar-refractivity contribution in [1.82, 2.24) is 9.88 Å². The largest absolute Gasteiger partial charge is 0.379 e. The van der Waals surface area contributed by atoms with E-state index in [1.807, 2.05) is 60.8 Å². The number of aromatic amines is 1. The smallest absolute Gasteiger partial charge is 0.262 e. The first-order valence-corrected chi connectivity index (χ1v) is 12.7. The zero-order chi connectivity index (χ0) is 22.7. The highest BCUT2D eigenvalue weighted by Crippen LogP contribution is 2.30. The molecule has 1 aromatic heterocycles. The molecule has 1 aliphatic rings. The maximum atomic E-state index is 13.3. The van der Waals surface area contributed by atoms with Crippen LogP contribution in [0.2, 0.25) is 0 Å². The van der Waals surface area contributed by atoms with Crippen LogP contribution in [-0.2, 0) is 21.2 Å². The van der Waals surface area contributed by atoms with Gasteiger partial charge in [-0.25, -0.2) is 8.42 Å². The minimum absolute atomic E-state index is 0.262. The van der Waals surface area contributed by atoms with Crippen molar-refractivity contribution in [3.63, 3.8) is 0 Å². The number of rotatable bonds is 7. The summed E-state index contributed by atoms with van der Waals surface area (Å²) in [6.45, 7) is 4.42. The van der Waals surface area contributed by atoms with Gasteiger partial charge in [0.15, 0.2) is 0 Å². The molecular formula is C26H27N3O3S. The highest BCUT2D eigenvalue weighted by molar-refractivity contribution is 7.92. The van der Waals surface area contributed by atoms with E-state index in [0.29, 0.717) is 11.3 Å². The van der Waals surface area contributed by atoms with Gasteiger partial charge in [-0.05, 0) is 41.8 Å². The quantitative estimate of drug-likeness (QED) is 0.425. The van der Waals surface area contributed by atoms with Crippen molar-refractivity contribution in [3.8, 4) is 11.1 Å². The molecule has 1 aliphatic heterocycles.